The molecular weight excluding hydrogens is 150 g/mol. The molecule has 0 N–H and O–H groups in total. The maximum absolute atomic E-state index is 10.4. The molecule has 1 aromatic carbocycles. The van der Waals surface area contributed by atoms with Gasteiger partial charge in [0.05, 0.1) is 0 Å². The third-order valence-electron chi connectivity index (χ3n) is 1.81. The number of nitroso groups, excluding NO2 is 1. The van der Waals surface area contributed by atoms with E-state index in [9.17, 15) is 4.91 Å². The zero-order valence-corrected chi connectivity index (χ0v) is 7.66. The highest BCUT2D eigenvalue weighted by Crippen LogP contribution is 2.30. The van der Waals surface area contributed by atoms with Crippen LogP contribution in [0.5, 0.6) is 0 Å². The molecule has 2 heteroatoms. The van der Waals surface area contributed by atoms with Crippen molar-refractivity contribution in [2.24, 2.45) is 5.18 Å². The van der Waals surface area contributed by atoms with E-state index in [1.807, 2.05) is 18.2 Å². The SMILES string of the molecule is CC(C)(C)c1ccccc1N=O. The Morgan fingerprint density at radius 1 is 1.17 bits per heavy atom. The second-order valence-corrected chi connectivity index (χ2v) is 3.86. The highest BCUT2D eigenvalue weighted by molar-refractivity contribution is 5.48. The number of hydrogen-bond donors (Lipinski definition) is 0. The highest BCUT2D eigenvalue weighted by Gasteiger charge is 2.17. The molecular formula is C10H13NO. The molecule has 0 heterocycles. The van der Waals surface area contributed by atoms with Crippen LogP contribution in [0.3, 0.4) is 0 Å². The van der Waals surface area contributed by atoms with Crippen LogP contribution in [-0.4, -0.2) is 0 Å². The second kappa shape index (κ2) is 3.05. The Labute approximate surface area is 72.6 Å². The first-order valence-electron chi connectivity index (χ1n) is 3.98. The molecule has 64 valence electrons. The van der Waals surface area contributed by atoms with Gasteiger partial charge in [-0.25, -0.2) is 0 Å². The smallest absolute Gasteiger partial charge is 0.111 e. The fourth-order valence-electron chi connectivity index (χ4n) is 1.19. The summed E-state index contributed by atoms with van der Waals surface area (Å²) in [5, 5.41) is 2.99. The maximum Gasteiger partial charge on any atom is 0.111 e. The predicted octanol–water partition coefficient (Wildman–Crippen LogP) is 3.38. The molecule has 0 aliphatic rings. The zero-order valence-electron chi connectivity index (χ0n) is 7.66. The van der Waals surface area contributed by atoms with Gasteiger partial charge in [0.15, 0.2) is 0 Å². The van der Waals surface area contributed by atoms with E-state index in [0.29, 0.717) is 5.69 Å². The lowest BCUT2D eigenvalue weighted by Crippen LogP contribution is -2.10. The summed E-state index contributed by atoms with van der Waals surface area (Å²) in [5.41, 5.74) is 1.54. The van der Waals surface area contributed by atoms with Gasteiger partial charge >= 0.3 is 0 Å². The molecule has 0 unspecified atom stereocenters. The first-order chi connectivity index (χ1) is 5.55. The van der Waals surface area contributed by atoms with Crippen molar-refractivity contribution in [1.29, 1.82) is 0 Å². The Balaban J connectivity index is 3.23. The van der Waals surface area contributed by atoms with E-state index in [1.54, 1.807) is 6.07 Å². The van der Waals surface area contributed by atoms with Gasteiger partial charge in [0.2, 0.25) is 0 Å². The molecule has 0 aromatic heterocycles. The maximum atomic E-state index is 10.4. The van der Waals surface area contributed by atoms with Crippen LogP contribution in [0.2, 0.25) is 0 Å². The van der Waals surface area contributed by atoms with E-state index < -0.39 is 0 Å². The standard InChI is InChI=1S/C10H13NO/c1-10(2,3)8-6-4-5-7-9(8)11-12/h4-7H,1-3H3. The van der Waals surface area contributed by atoms with Gasteiger partial charge in [0.1, 0.15) is 5.69 Å². The van der Waals surface area contributed by atoms with Crippen molar-refractivity contribution in [3.63, 3.8) is 0 Å². The van der Waals surface area contributed by atoms with Gasteiger partial charge in [-0.2, -0.15) is 0 Å². The monoisotopic (exact) mass is 163 g/mol. The first kappa shape index (κ1) is 8.91. The largest absolute Gasteiger partial charge is 0.145 e. The first-order valence-corrected chi connectivity index (χ1v) is 3.98. The van der Waals surface area contributed by atoms with Gasteiger partial charge < -0.3 is 0 Å². The van der Waals surface area contributed by atoms with Crippen LogP contribution in [0.25, 0.3) is 0 Å². The summed E-state index contributed by atoms with van der Waals surface area (Å²) >= 11 is 0. The zero-order chi connectivity index (χ0) is 9.19. The summed E-state index contributed by atoms with van der Waals surface area (Å²) in [5.74, 6) is 0. The van der Waals surface area contributed by atoms with E-state index in [4.69, 9.17) is 0 Å². The fourth-order valence-corrected chi connectivity index (χ4v) is 1.19. The third kappa shape index (κ3) is 1.70. The van der Waals surface area contributed by atoms with E-state index in [1.165, 1.54) is 0 Å². The average molecular weight is 163 g/mol. The molecule has 1 aromatic rings. The summed E-state index contributed by atoms with van der Waals surface area (Å²) in [6, 6.07) is 7.44. The van der Waals surface area contributed by atoms with Gasteiger partial charge in [-0.15, -0.1) is 4.91 Å². The molecule has 0 saturated carbocycles. The lowest BCUT2D eigenvalue weighted by Gasteiger charge is -2.19. The summed E-state index contributed by atoms with van der Waals surface area (Å²) in [6.45, 7) is 6.20. The number of rotatable bonds is 1. The van der Waals surface area contributed by atoms with Crippen LogP contribution in [0.1, 0.15) is 26.3 Å². The third-order valence-corrected chi connectivity index (χ3v) is 1.81. The van der Waals surface area contributed by atoms with Crippen molar-refractivity contribution >= 4 is 5.69 Å². The predicted molar refractivity (Wildman–Crippen MR) is 50.6 cm³/mol. The average Bonchev–Trinajstić information content (AvgIpc) is 2.03. The molecule has 0 amide bonds. The molecule has 12 heavy (non-hydrogen) atoms. The van der Waals surface area contributed by atoms with Crippen molar-refractivity contribution in [2.45, 2.75) is 26.2 Å². The van der Waals surface area contributed by atoms with Gasteiger partial charge in [0, 0.05) is 0 Å². The Hall–Kier alpha value is -1.18. The fraction of sp³-hybridized carbons (Fsp3) is 0.400. The lowest BCUT2D eigenvalue weighted by molar-refractivity contribution is 0.591. The molecule has 0 aliphatic heterocycles. The molecule has 0 atom stereocenters. The minimum absolute atomic E-state index is 0.00942. The topological polar surface area (TPSA) is 29.4 Å². The van der Waals surface area contributed by atoms with Crippen LogP contribution in [-0.2, 0) is 5.41 Å². The van der Waals surface area contributed by atoms with Crippen LogP contribution in [0.4, 0.5) is 5.69 Å². The second-order valence-electron chi connectivity index (χ2n) is 3.86. The van der Waals surface area contributed by atoms with Gasteiger partial charge in [-0.05, 0) is 22.2 Å². The number of nitrogens with zero attached hydrogens (tertiary/aromatic N) is 1. The Morgan fingerprint density at radius 3 is 2.17 bits per heavy atom. The Kier molecular flexibility index (Phi) is 2.27. The van der Waals surface area contributed by atoms with Crippen LogP contribution >= 0.6 is 0 Å². The summed E-state index contributed by atoms with van der Waals surface area (Å²) in [7, 11) is 0. The summed E-state index contributed by atoms with van der Waals surface area (Å²) in [4.78, 5) is 10.4. The van der Waals surface area contributed by atoms with Crippen molar-refractivity contribution in [3.05, 3.63) is 34.7 Å². The van der Waals surface area contributed by atoms with Gasteiger partial charge in [0.25, 0.3) is 0 Å². The molecule has 2 nitrogen and oxygen atoms in total. The molecule has 0 saturated heterocycles. The molecule has 0 radical (unpaired) electrons. The van der Waals surface area contributed by atoms with Crippen molar-refractivity contribution in [3.8, 4) is 0 Å². The Morgan fingerprint density at radius 2 is 1.75 bits per heavy atom. The number of benzene rings is 1. The van der Waals surface area contributed by atoms with E-state index in [2.05, 4.69) is 25.9 Å². The van der Waals surface area contributed by atoms with Crippen LogP contribution in [0, 0.1) is 4.91 Å². The molecule has 0 fully saturated rings. The summed E-state index contributed by atoms with van der Waals surface area (Å²) in [6.07, 6.45) is 0. The van der Waals surface area contributed by atoms with E-state index in [0.717, 1.165) is 5.56 Å². The molecule has 1 rings (SSSR count). The van der Waals surface area contributed by atoms with E-state index in [-0.39, 0.29) is 5.41 Å². The van der Waals surface area contributed by atoms with Crippen LogP contribution in [0.15, 0.2) is 29.4 Å². The van der Waals surface area contributed by atoms with E-state index >= 15 is 0 Å². The van der Waals surface area contributed by atoms with Crippen molar-refractivity contribution in [1.82, 2.24) is 0 Å². The quantitative estimate of drug-likeness (QED) is 0.583. The lowest BCUT2D eigenvalue weighted by atomic mass is 9.86. The summed E-state index contributed by atoms with van der Waals surface area (Å²) < 4.78 is 0. The normalized spacial score (nSPS) is 11.2. The van der Waals surface area contributed by atoms with Gasteiger partial charge in [-0.1, -0.05) is 39.0 Å². The van der Waals surface area contributed by atoms with Crippen molar-refractivity contribution in [2.75, 3.05) is 0 Å². The highest BCUT2D eigenvalue weighted by atomic mass is 16.3. The minimum Gasteiger partial charge on any atom is -0.145 e. The van der Waals surface area contributed by atoms with Crippen LogP contribution < -0.4 is 0 Å². The molecule has 0 bridgehead atoms. The van der Waals surface area contributed by atoms with Gasteiger partial charge in [-0.3, -0.25) is 0 Å². The van der Waals surface area contributed by atoms with Crippen molar-refractivity contribution < 1.29 is 0 Å². The molecule has 0 spiro atoms. The number of hydrogen-bond acceptors (Lipinski definition) is 2. The minimum atomic E-state index is -0.00942. The Bertz CT molecular complexity index is 286. The molecule has 0 aliphatic carbocycles.